The van der Waals surface area contributed by atoms with Crippen LogP contribution in [-0.4, -0.2) is 36.2 Å². The summed E-state index contributed by atoms with van der Waals surface area (Å²) in [7, 11) is 0. The molecule has 1 aliphatic carbocycles. The Labute approximate surface area is 205 Å². The second-order valence-electron chi connectivity index (χ2n) is 9.81. The minimum absolute atomic E-state index is 0.0195. The van der Waals surface area contributed by atoms with Crippen molar-refractivity contribution in [3.8, 4) is 0 Å². The normalized spacial score (nSPS) is 28.9. The van der Waals surface area contributed by atoms with Crippen molar-refractivity contribution in [2.75, 3.05) is 4.90 Å². The highest BCUT2D eigenvalue weighted by atomic mass is 16.6. The van der Waals surface area contributed by atoms with Crippen molar-refractivity contribution in [3.63, 3.8) is 0 Å². The molecular weight excluding hydrogens is 438 g/mol. The topological polar surface area (TPSA) is 55.8 Å². The molecule has 3 fully saturated rings. The van der Waals surface area contributed by atoms with Crippen LogP contribution in [0.2, 0.25) is 0 Å². The first-order valence-electron chi connectivity index (χ1n) is 12.6. The monoisotopic (exact) mass is 467 g/mol. The minimum Gasteiger partial charge on any atom is -0.453 e. The highest BCUT2D eigenvalue weighted by Gasteiger charge is 2.66. The molecule has 0 aromatic heterocycles. The first-order chi connectivity index (χ1) is 17.2. The van der Waals surface area contributed by atoms with Gasteiger partial charge in [-0.3, -0.25) is 0 Å². The van der Waals surface area contributed by atoms with Crippen molar-refractivity contribution in [1.29, 1.82) is 0 Å². The van der Waals surface area contributed by atoms with Crippen molar-refractivity contribution in [2.45, 2.75) is 50.0 Å². The molecule has 2 heterocycles. The number of ether oxygens (including phenoxy) is 2. The van der Waals surface area contributed by atoms with E-state index in [0.717, 1.165) is 18.5 Å². The van der Waals surface area contributed by atoms with Crippen LogP contribution in [0.1, 0.15) is 46.4 Å². The van der Waals surface area contributed by atoms with Crippen LogP contribution in [0.5, 0.6) is 0 Å². The minimum atomic E-state index is -0.528. The zero-order valence-electron chi connectivity index (χ0n) is 19.5. The molecule has 3 aromatic rings. The molecule has 2 bridgehead atoms. The highest BCUT2D eigenvalue weighted by Crippen LogP contribution is 2.55. The number of esters is 2. The third kappa shape index (κ3) is 3.89. The van der Waals surface area contributed by atoms with Gasteiger partial charge in [0.05, 0.1) is 23.2 Å². The number of hydrogen-bond donors (Lipinski definition) is 0. The van der Waals surface area contributed by atoms with Gasteiger partial charge >= 0.3 is 11.9 Å². The zero-order chi connectivity index (χ0) is 23.8. The predicted molar refractivity (Wildman–Crippen MR) is 133 cm³/mol. The van der Waals surface area contributed by atoms with E-state index in [9.17, 15) is 9.59 Å². The second kappa shape index (κ2) is 9.21. The number of anilines is 1. The predicted octanol–water partition coefficient (Wildman–Crippen LogP) is 5.52. The molecule has 6 rings (SSSR count). The third-order valence-electron chi connectivity index (χ3n) is 7.95. The van der Waals surface area contributed by atoms with Crippen LogP contribution in [0.4, 0.5) is 5.69 Å². The quantitative estimate of drug-likeness (QED) is 0.463. The van der Waals surface area contributed by atoms with E-state index >= 15 is 0 Å². The van der Waals surface area contributed by atoms with E-state index in [0.29, 0.717) is 23.0 Å². The smallest absolute Gasteiger partial charge is 0.338 e. The van der Waals surface area contributed by atoms with Gasteiger partial charge in [-0.25, -0.2) is 9.59 Å². The molecule has 5 nitrogen and oxygen atoms in total. The van der Waals surface area contributed by atoms with Gasteiger partial charge in [0.1, 0.15) is 0 Å². The molecule has 0 spiro atoms. The summed E-state index contributed by atoms with van der Waals surface area (Å²) in [4.78, 5) is 28.8. The molecule has 0 N–H and O–H groups in total. The van der Waals surface area contributed by atoms with Crippen molar-refractivity contribution >= 4 is 17.6 Å². The molecule has 6 atom stereocenters. The van der Waals surface area contributed by atoms with Crippen LogP contribution in [0.15, 0.2) is 91.0 Å². The number of carbonyl (C=O) groups excluding carboxylic acids is 2. The number of para-hydroxylation sites is 1. The Morgan fingerprint density at radius 1 is 0.600 bits per heavy atom. The molecular formula is C30H29NO4. The van der Waals surface area contributed by atoms with E-state index in [-0.39, 0.29) is 24.0 Å². The summed E-state index contributed by atoms with van der Waals surface area (Å²) in [6.07, 6.45) is 3.52. The number of hydrogen-bond acceptors (Lipinski definition) is 5. The van der Waals surface area contributed by atoms with Gasteiger partial charge in [0.15, 0.2) is 12.2 Å². The van der Waals surface area contributed by atoms with Crippen LogP contribution < -0.4 is 4.90 Å². The highest BCUT2D eigenvalue weighted by molar-refractivity contribution is 5.90. The maximum atomic E-state index is 13.2. The maximum absolute atomic E-state index is 13.2. The summed E-state index contributed by atoms with van der Waals surface area (Å²) < 4.78 is 12.4. The van der Waals surface area contributed by atoms with Crippen LogP contribution >= 0.6 is 0 Å². The second-order valence-corrected chi connectivity index (χ2v) is 9.81. The summed E-state index contributed by atoms with van der Waals surface area (Å²) in [6.45, 7) is 0. The lowest BCUT2D eigenvalue weighted by Gasteiger charge is -2.40. The van der Waals surface area contributed by atoms with Gasteiger partial charge in [0.2, 0.25) is 0 Å². The molecule has 3 aromatic carbocycles. The Bertz CT molecular complexity index is 1110. The van der Waals surface area contributed by atoms with E-state index in [4.69, 9.17) is 9.47 Å². The third-order valence-corrected chi connectivity index (χ3v) is 7.95. The molecule has 2 aliphatic heterocycles. The number of benzene rings is 3. The first kappa shape index (κ1) is 21.9. The van der Waals surface area contributed by atoms with E-state index in [1.807, 2.05) is 54.6 Å². The van der Waals surface area contributed by atoms with E-state index in [2.05, 4.69) is 17.0 Å². The Morgan fingerprint density at radius 3 is 1.43 bits per heavy atom. The molecule has 178 valence electrons. The molecule has 0 amide bonds. The zero-order valence-corrected chi connectivity index (χ0v) is 19.5. The fraction of sp³-hybridized carbons (Fsp3) is 0.333. The van der Waals surface area contributed by atoms with Crippen LogP contribution in [0.3, 0.4) is 0 Å². The lowest BCUT2D eigenvalue weighted by atomic mass is 9.69. The molecule has 5 heteroatoms. The first-order valence-corrected chi connectivity index (χ1v) is 12.6. The Hall–Kier alpha value is -3.60. The van der Waals surface area contributed by atoms with Gasteiger partial charge < -0.3 is 14.4 Å². The average molecular weight is 468 g/mol. The molecule has 2 saturated heterocycles. The van der Waals surface area contributed by atoms with E-state index in [1.54, 1.807) is 24.3 Å². The van der Waals surface area contributed by atoms with Gasteiger partial charge in [-0.15, -0.1) is 0 Å². The largest absolute Gasteiger partial charge is 0.453 e. The van der Waals surface area contributed by atoms with Crippen LogP contribution in [-0.2, 0) is 9.47 Å². The SMILES string of the molecule is O=C(OC1C(OC(=O)c2ccccc2)C2C3CCCCC3C1N2c1ccccc1)c1ccccc1. The van der Waals surface area contributed by atoms with Crippen molar-refractivity contribution in [1.82, 2.24) is 0 Å². The van der Waals surface area contributed by atoms with E-state index < -0.39 is 12.2 Å². The number of nitrogens with zero attached hydrogens (tertiary/aromatic N) is 1. The summed E-state index contributed by atoms with van der Waals surface area (Å²) in [5, 5.41) is 0. The summed E-state index contributed by atoms with van der Waals surface area (Å²) in [6, 6.07) is 28.4. The summed E-state index contributed by atoms with van der Waals surface area (Å²) >= 11 is 0. The lowest BCUT2D eigenvalue weighted by Crippen LogP contribution is -2.51. The van der Waals surface area contributed by atoms with Crippen molar-refractivity contribution in [3.05, 3.63) is 102 Å². The lowest BCUT2D eigenvalue weighted by molar-refractivity contribution is -0.0620. The standard InChI is InChI=1S/C30H29NO4/c32-29(20-12-4-1-5-13-20)34-27-25-23-18-10-11-19-24(23)26(31(25)22-16-8-3-9-17-22)28(27)35-30(33)21-14-6-2-7-15-21/h1-9,12-17,23-28H,10-11,18-19H2. The maximum Gasteiger partial charge on any atom is 0.338 e. The Balaban J connectivity index is 1.38. The number of fused-ring (bicyclic) bond motifs is 5. The summed E-state index contributed by atoms with van der Waals surface area (Å²) in [5.41, 5.74) is 2.11. The van der Waals surface area contributed by atoms with Crippen LogP contribution in [0, 0.1) is 11.8 Å². The Kier molecular flexibility index (Phi) is 5.77. The molecule has 1 saturated carbocycles. The number of carbonyl (C=O) groups is 2. The molecule has 3 aliphatic rings. The number of rotatable bonds is 5. The van der Waals surface area contributed by atoms with Crippen molar-refractivity contribution in [2.24, 2.45) is 11.8 Å². The molecule has 6 unspecified atom stereocenters. The van der Waals surface area contributed by atoms with Crippen molar-refractivity contribution < 1.29 is 19.1 Å². The average Bonchev–Trinajstić information content (AvgIpc) is 3.42. The van der Waals surface area contributed by atoms with Crippen LogP contribution in [0.25, 0.3) is 0 Å². The van der Waals surface area contributed by atoms with E-state index in [1.165, 1.54) is 12.8 Å². The Morgan fingerprint density at radius 2 is 1.00 bits per heavy atom. The van der Waals surface area contributed by atoms with Gasteiger partial charge in [-0.1, -0.05) is 67.4 Å². The van der Waals surface area contributed by atoms with Gasteiger partial charge in [0.25, 0.3) is 0 Å². The fourth-order valence-corrected chi connectivity index (χ4v) is 6.59. The van der Waals surface area contributed by atoms with Gasteiger partial charge in [-0.05, 0) is 61.1 Å². The van der Waals surface area contributed by atoms with Gasteiger partial charge in [-0.2, -0.15) is 0 Å². The summed E-state index contributed by atoms with van der Waals surface area (Å²) in [5.74, 6) is 0.0805. The van der Waals surface area contributed by atoms with Gasteiger partial charge in [0, 0.05) is 5.69 Å². The molecule has 35 heavy (non-hydrogen) atoms. The fourth-order valence-electron chi connectivity index (χ4n) is 6.59. The molecule has 0 radical (unpaired) electrons.